The van der Waals surface area contributed by atoms with Gasteiger partial charge in [0.1, 0.15) is 0 Å². The fourth-order valence-electron chi connectivity index (χ4n) is 0.945. The van der Waals surface area contributed by atoms with Crippen LogP contribution in [0.4, 0.5) is 0 Å². The van der Waals surface area contributed by atoms with Crippen LogP contribution in [-0.4, -0.2) is 13.1 Å². The molecule has 0 aromatic heterocycles. The molecular formula is C11H21N. The summed E-state index contributed by atoms with van der Waals surface area (Å²) in [5.74, 6) is 0.452. The van der Waals surface area contributed by atoms with Gasteiger partial charge in [0.15, 0.2) is 0 Å². The first-order valence-corrected chi connectivity index (χ1v) is 4.73. The van der Waals surface area contributed by atoms with E-state index in [2.05, 4.69) is 32.3 Å². The second-order valence-corrected chi connectivity index (χ2v) is 3.18. The highest BCUT2D eigenvalue weighted by Crippen LogP contribution is 2.11. The minimum atomic E-state index is 0.452. The van der Waals surface area contributed by atoms with Crippen LogP contribution in [0.15, 0.2) is 24.8 Å². The van der Waals surface area contributed by atoms with Crippen LogP contribution in [0.3, 0.4) is 0 Å². The molecule has 0 aromatic carbocycles. The zero-order valence-corrected chi connectivity index (χ0v) is 8.40. The predicted molar refractivity (Wildman–Crippen MR) is 56.3 cm³/mol. The Kier molecular flexibility index (Phi) is 6.78. The summed E-state index contributed by atoms with van der Waals surface area (Å²) >= 11 is 0. The molecule has 0 rings (SSSR count). The van der Waals surface area contributed by atoms with Crippen LogP contribution in [0.2, 0.25) is 0 Å². The van der Waals surface area contributed by atoms with Crippen molar-refractivity contribution < 1.29 is 0 Å². The van der Waals surface area contributed by atoms with Crippen molar-refractivity contribution in [2.24, 2.45) is 5.92 Å². The standard InChI is InChI=1S/C11H21N/c1-5-8-12-9-7-11(4)10(3)6-2/h6,10,12H,2,4-5,7-9H2,1,3H3. The summed E-state index contributed by atoms with van der Waals surface area (Å²) in [5, 5.41) is 3.35. The molecule has 1 atom stereocenters. The molecule has 0 radical (unpaired) electrons. The number of allylic oxidation sites excluding steroid dienone is 1. The van der Waals surface area contributed by atoms with Gasteiger partial charge in [-0.25, -0.2) is 0 Å². The third kappa shape index (κ3) is 5.14. The fraction of sp³-hybridized carbons (Fsp3) is 0.636. The average Bonchev–Trinajstić information content (AvgIpc) is 2.10. The number of hydrogen-bond acceptors (Lipinski definition) is 1. The Morgan fingerprint density at radius 3 is 2.67 bits per heavy atom. The van der Waals surface area contributed by atoms with Crippen LogP contribution in [0.5, 0.6) is 0 Å². The lowest BCUT2D eigenvalue weighted by Crippen LogP contribution is -2.17. The topological polar surface area (TPSA) is 12.0 Å². The summed E-state index contributed by atoms with van der Waals surface area (Å²) in [6.07, 6.45) is 4.21. The predicted octanol–water partition coefficient (Wildman–Crippen LogP) is 2.75. The molecule has 0 spiro atoms. The molecule has 1 heteroatoms. The monoisotopic (exact) mass is 167 g/mol. The zero-order chi connectivity index (χ0) is 9.40. The van der Waals surface area contributed by atoms with E-state index in [0.29, 0.717) is 5.92 Å². The van der Waals surface area contributed by atoms with E-state index in [9.17, 15) is 0 Å². The van der Waals surface area contributed by atoms with E-state index >= 15 is 0 Å². The average molecular weight is 167 g/mol. The summed E-state index contributed by atoms with van der Waals surface area (Å²) in [7, 11) is 0. The van der Waals surface area contributed by atoms with Crippen LogP contribution in [-0.2, 0) is 0 Å². The van der Waals surface area contributed by atoms with Crippen molar-refractivity contribution in [3.05, 3.63) is 24.8 Å². The van der Waals surface area contributed by atoms with Crippen molar-refractivity contribution in [1.82, 2.24) is 5.32 Å². The summed E-state index contributed by atoms with van der Waals surface area (Å²) in [4.78, 5) is 0. The maximum atomic E-state index is 4.01. The minimum Gasteiger partial charge on any atom is -0.316 e. The molecular weight excluding hydrogens is 146 g/mol. The molecule has 1 N–H and O–H groups in total. The van der Waals surface area contributed by atoms with Gasteiger partial charge in [0.25, 0.3) is 0 Å². The first-order chi connectivity index (χ1) is 5.72. The molecule has 70 valence electrons. The van der Waals surface area contributed by atoms with Crippen molar-refractivity contribution in [3.8, 4) is 0 Å². The molecule has 0 aromatic rings. The van der Waals surface area contributed by atoms with Crippen LogP contribution in [0.1, 0.15) is 26.7 Å². The van der Waals surface area contributed by atoms with Crippen molar-refractivity contribution in [1.29, 1.82) is 0 Å². The van der Waals surface area contributed by atoms with Gasteiger partial charge >= 0.3 is 0 Å². The molecule has 12 heavy (non-hydrogen) atoms. The van der Waals surface area contributed by atoms with E-state index in [-0.39, 0.29) is 0 Å². The molecule has 0 aliphatic carbocycles. The number of nitrogens with one attached hydrogen (secondary N) is 1. The highest BCUT2D eigenvalue weighted by atomic mass is 14.8. The van der Waals surface area contributed by atoms with Gasteiger partial charge in [0.2, 0.25) is 0 Å². The first kappa shape index (κ1) is 11.4. The third-order valence-corrected chi connectivity index (χ3v) is 2.05. The smallest absolute Gasteiger partial charge is 0.00115 e. The Bertz CT molecular complexity index is 138. The van der Waals surface area contributed by atoms with Crippen LogP contribution in [0.25, 0.3) is 0 Å². The Morgan fingerprint density at radius 2 is 2.17 bits per heavy atom. The van der Waals surface area contributed by atoms with E-state index in [1.54, 1.807) is 0 Å². The van der Waals surface area contributed by atoms with Gasteiger partial charge in [-0.2, -0.15) is 0 Å². The van der Waals surface area contributed by atoms with Gasteiger partial charge in [0.05, 0.1) is 0 Å². The number of rotatable bonds is 7. The largest absolute Gasteiger partial charge is 0.316 e. The minimum absolute atomic E-state index is 0.452. The lowest BCUT2D eigenvalue weighted by atomic mass is 10.0. The van der Waals surface area contributed by atoms with E-state index < -0.39 is 0 Å². The second-order valence-electron chi connectivity index (χ2n) is 3.18. The van der Waals surface area contributed by atoms with E-state index in [4.69, 9.17) is 0 Å². The van der Waals surface area contributed by atoms with Crippen molar-refractivity contribution in [2.75, 3.05) is 13.1 Å². The number of hydrogen-bond donors (Lipinski definition) is 1. The van der Waals surface area contributed by atoms with E-state index in [1.807, 2.05) is 6.08 Å². The normalized spacial score (nSPS) is 12.5. The first-order valence-electron chi connectivity index (χ1n) is 4.73. The third-order valence-electron chi connectivity index (χ3n) is 2.05. The molecule has 0 aliphatic rings. The van der Waals surface area contributed by atoms with Crippen molar-refractivity contribution >= 4 is 0 Å². The maximum Gasteiger partial charge on any atom is -0.00115 e. The van der Waals surface area contributed by atoms with Gasteiger partial charge in [-0.1, -0.05) is 32.1 Å². The molecule has 0 amide bonds. The van der Waals surface area contributed by atoms with Crippen molar-refractivity contribution in [3.63, 3.8) is 0 Å². The molecule has 1 nitrogen and oxygen atoms in total. The van der Waals surface area contributed by atoms with Gasteiger partial charge in [-0.3, -0.25) is 0 Å². The van der Waals surface area contributed by atoms with E-state index in [1.165, 1.54) is 12.0 Å². The van der Waals surface area contributed by atoms with Crippen LogP contribution >= 0.6 is 0 Å². The summed E-state index contributed by atoms with van der Waals surface area (Å²) in [6.45, 7) is 14.2. The molecule has 1 unspecified atom stereocenters. The Labute approximate surface area is 76.6 Å². The Morgan fingerprint density at radius 1 is 1.50 bits per heavy atom. The van der Waals surface area contributed by atoms with Gasteiger partial charge in [-0.15, -0.1) is 6.58 Å². The van der Waals surface area contributed by atoms with E-state index in [0.717, 1.165) is 19.5 Å². The SMILES string of the molecule is C=CC(C)C(=C)CCNCCC. The molecule has 0 fully saturated rings. The van der Waals surface area contributed by atoms with Gasteiger partial charge in [-0.05, 0) is 31.8 Å². The maximum absolute atomic E-state index is 4.01. The summed E-state index contributed by atoms with van der Waals surface area (Å²) in [6, 6.07) is 0. The van der Waals surface area contributed by atoms with Crippen molar-refractivity contribution in [2.45, 2.75) is 26.7 Å². The summed E-state index contributed by atoms with van der Waals surface area (Å²) < 4.78 is 0. The molecule has 0 saturated carbocycles. The highest BCUT2D eigenvalue weighted by molar-refractivity contribution is 5.05. The lowest BCUT2D eigenvalue weighted by Gasteiger charge is -2.10. The molecule has 0 heterocycles. The van der Waals surface area contributed by atoms with Gasteiger partial charge in [0, 0.05) is 0 Å². The van der Waals surface area contributed by atoms with Gasteiger partial charge < -0.3 is 5.32 Å². The Balaban J connectivity index is 3.37. The van der Waals surface area contributed by atoms with Crippen LogP contribution in [0, 0.1) is 5.92 Å². The molecule has 0 saturated heterocycles. The molecule has 0 aliphatic heterocycles. The highest BCUT2D eigenvalue weighted by Gasteiger charge is 2.00. The Hall–Kier alpha value is -0.560. The molecule has 0 bridgehead atoms. The lowest BCUT2D eigenvalue weighted by molar-refractivity contribution is 0.649. The summed E-state index contributed by atoms with van der Waals surface area (Å²) in [5.41, 5.74) is 1.27. The second kappa shape index (κ2) is 7.11. The van der Waals surface area contributed by atoms with Crippen LogP contribution < -0.4 is 5.32 Å². The fourth-order valence-corrected chi connectivity index (χ4v) is 0.945. The zero-order valence-electron chi connectivity index (χ0n) is 8.40. The quantitative estimate of drug-likeness (QED) is 0.454.